The molecule has 0 aromatic heterocycles. The van der Waals surface area contributed by atoms with E-state index >= 15 is 0 Å². The summed E-state index contributed by atoms with van der Waals surface area (Å²) in [6, 6.07) is 14.8. The van der Waals surface area contributed by atoms with Gasteiger partial charge in [-0.05, 0) is 28.7 Å². The topological polar surface area (TPSA) is 105 Å². The fourth-order valence-corrected chi connectivity index (χ4v) is 5.96. The van der Waals surface area contributed by atoms with Gasteiger partial charge in [0.2, 0.25) is 0 Å². The smallest absolute Gasteiger partial charge is 0.407 e. The minimum Gasteiger partial charge on any atom is -0.480 e. The summed E-state index contributed by atoms with van der Waals surface area (Å²) in [5.74, 6) is -0.856. The molecule has 2 aliphatic heterocycles. The van der Waals surface area contributed by atoms with Crippen LogP contribution < -0.4 is 5.32 Å². The molecule has 1 unspecified atom stereocenters. The van der Waals surface area contributed by atoms with E-state index in [1.807, 2.05) is 36.4 Å². The zero-order valence-corrected chi connectivity index (χ0v) is 18.6. The number of amides is 2. The second kappa shape index (κ2) is 9.07. The van der Waals surface area contributed by atoms with Crippen LogP contribution in [0.3, 0.4) is 0 Å². The molecular formula is C24H24N2O6S. The minimum absolute atomic E-state index is 0.0571. The Morgan fingerprint density at radius 2 is 1.76 bits per heavy atom. The zero-order valence-electron chi connectivity index (χ0n) is 17.8. The quantitative estimate of drug-likeness (QED) is 0.695. The number of rotatable bonds is 5. The van der Waals surface area contributed by atoms with Crippen LogP contribution in [0.25, 0.3) is 11.1 Å². The summed E-state index contributed by atoms with van der Waals surface area (Å²) in [5, 5.41) is 12.1. The highest BCUT2D eigenvalue weighted by Gasteiger charge is 2.43. The number of carbonyl (C=O) groups excluding carboxylic acids is 2. The molecule has 0 saturated carbocycles. The first-order valence-corrected chi connectivity index (χ1v) is 12.0. The first kappa shape index (κ1) is 21.8. The molecule has 3 atom stereocenters. The second-order valence-corrected chi connectivity index (χ2v) is 9.32. The third-order valence-electron chi connectivity index (χ3n) is 6.43. The van der Waals surface area contributed by atoms with Crippen molar-refractivity contribution >= 4 is 29.7 Å². The summed E-state index contributed by atoms with van der Waals surface area (Å²) in [6.45, 7) is 0.485. The van der Waals surface area contributed by atoms with Crippen molar-refractivity contribution in [2.24, 2.45) is 0 Å². The Hall–Kier alpha value is -3.04. The highest BCUT2D eigenvalue weighted by molar-refractivity contribution is 7.99. The monoisotopic (exact) mass is 468 g/mol. The summed E-state index contributed by atoms with van der Waals surface area (Å²) in [5.41, 5.74) is 4.53. The van der Waals surface area contributed by atoms with Crippen molar-refractivity contribution in [2.75, 3.05) is 24.8 Å². The second-order valence-electron chi connectivity index (χ2n) is 8.32. The number of benzene rings is 2. The maximum absolute atomic E-state index is 12.9. The van der Waals surface area contributed by atoms with E-state index in [-0.39, 0.29) is 12.5 Å². The highest BCUT2D eigenvalue weighted by Crippen LogP contribution is 2.44. The Balaban J connectivity index is 1.23. The summed E-state index contributed by atoms with van der Waals surface area (Å²) < 4.78 is 11.2. The Bertz CT molecular complexity index is 1050. The van der Waals surface area contributed by atoms with Crippen LogP contribution in [0.5, 0.6) is 0 Å². The van der Waals surface area contributed by atoms with Crippen molar-refractivity contribution in [3.63, 3.8) is 0 Å². The number of aliphatic carboxylic acids is 1. The molecule has 2 saturated heterocycles. The van der Waals surface area contributed by atoms with Gasteiger partial charge in [0.1, 0.15) is 12.6 Å². The van der Waals surface area contributed by atoms with E-state index in [0.29, 0.717) is 24.7 Å². The number of fused-ring (bicyclic) bond motifs is 3. The molecule has 2 aromatic rings. The van der Waals surface area contributed by atoms with Gasteiger partial charge in [-0.3, -0.25) is 4.79 Å². The predicted octanol–water partition coefficient (Wildman–Crippen LogP) is 2.67. The van der Waals surface area contributed by atoms with Crippen LogP contribution in [0.4, 0.5) is 4.79 Å². The zero-order chi connectivity index (χ0) is 22.9. The van der Waals surface area contributed by atoms with Gasteiger partial charge in [0.15, 0.2) is 6.10 Å². The van der Waals surface area contributed by atoms with E-state index in [2.05, 4.69) is 17.4 Å². The number of carboxylic acids is 1. The van der Waals surface area contributed by atoms with E-state index in [4.69, 9.17) is 9.47 Å². The standard InChI is InChI=1S/C24H24N2O6S/c27-22(26-13-33-12-20(26)23(28)29)21-19(9-10-31-21)25-24(30)32-11-18-16-7-3-1-5-14(16)15-6-2-4-8-17(15)18/h1-8,18-21H,9-13H2,(H,25,30)(H,28,29)/t19-,20?,21+/m1/s1. The number of nitrogens with zero attached hydrogens (tertiary/aromatic N) is 1. The number of carboxylic acid groups (broad SMARTS) is 1. The molecule has 1 aliphatic carbocycles. The highest BCUT2D eigenvalue weighted by atomic mass is 32.2. The first-order valence-electron chi connectivity index (χ1n) is 10.9. The van der Waals surface area contributed by atoms with Gasteiger partial charge >= 0.3 is 12.1 Å². The van der Waals surface area contributed by atoms with Crippen LogP contribution in [-0.2, 0) is 19.1 Å². The number of nitrogens with one attached hydrogen (secondary N) is 1. The average Bonchev–Trinajstić information content (AvgIpc) is 3.55. The van der Waals surface area contributed by atoms with Crippen LogP contribution >= 0.6 is 11.8 Å². The van der Waals surface area contributed by atoms with Crippen LogP contribution in [0, 0.1) is 0 Å². The van der Waals surface area contributed by atoms with Crippen LogP contribution in [0.15, 0.2) is 48.5 Å². The van der Waals surface area contributed by atoms with Crippen LogP contribution in [0.1, 0.15) is 23.5 Å². The normalized spacial score (nSPS) is 23.8. The molecule has 2 N–H and O–H groups in total. The van der Waals surface area contributed by atoms with Gasteiger partial charge < -0.3 is 24.8 Å². The lowest BCUT2D eigenvalue weighted by Gasteiger charge is -2.26. The average molecular weight is 469 g/mol. The fraction of sp³-hybridized carbons (Fsp3) is 0.375. The predicted molar refractivity (Wildman–Crippen MR) is 122 cm³/mol. The number of alkyl carbamates (subject to hydrolysis) is 1. The van der Waals surface area contributed by atoms with Gasteiger partial charge in [0.25, 0.3) is 5.91 Å². The number of thioether (sulfide) groups is 1. The Labute approximate surface area is 195 Å². The summed E-state index contributed by atoms with van der Waals surface area (Å²) >= 11 is 1.39. The largest absolute Gasteiger partial charge is 0.480 e. The van der Waals surface area contributed by atoms with E-state index in [1.165, 1.54) is 16.7 Å². The SMILES string of the molecule is O=C(N[C@@H]1CCO[C@@H]1C(=O)N1CSCC1C(=O)O)OCC1c2ccccc2-c2ccccc21. The third-order valence-corrected chi connectivity index (χ3v) is 7.44. The van der Waals surface area contributed by atoms with Crippen molar-refractivity contribution in [1.29, 1.82) is 0 Å². The van der Waals surface area contributed by atoms with E-state index in [1.54, 1.807) is 0 Å². The van der Waals surface area contributed by atoms with Gasteiger partial charge in [-0.2, -0.15) is 0 Å². The molecule has 5 rings (SSSR count). The fourth-order valence-electron chi connectivity index (χ4n) is 4.80. The van der Waals surface area contributed by atoms with Crippen molar-refractivity contribution in [1.82, 2.24) is 10.2 Å². The lowest BCUT2D eigenvalue weighted by Crippen LogP contribution is -2.52. The number of hydrogen-bond acceptors (Lipinski definition) is 6. The van der Waals surface area contributed by atoms with Gasteiger partial charge in [-0.25, -0.2) is 9.59 Å². The van der Waals surface area contributed by atoms with E-state index in [0.717, 1.165) is 22.3 Å². The summed E-state index contributed by atoms with van der Waals surface area (Å²) in [7, 11) is 0. The molecule has 0 bridgehead atoms. The number of carbonyl (C=O) groups is 3. The molecule has 0 radical (unpaired) electrons. The van der Waals surface area contributed by atoms with Gasteiger partial charge in [-0.1, -0.05) is 48.5 Å². The molecule has 33 heavy (non-hydrogen) atoms. The molecular weight excluding hydrogens is 444 g/mol. The summed E-state index contributed by atoms with van der Waals surface area (Å²) in [6.07, 6.45) is -1.07. The molecule has 2 heterocycles. The molecule has 9 heteroatoms. The summed E-state index contributed by atoms with van der Waals surface area (Å²) in [4.78, 5) is 38.3. The third kappa shape index (κ3) is 4.06. The Morgan fingerprint density at radius 3 is 2.42 bits per heavy atom. The van der Waals surface area contributed by atoms with Crippen LogP contribution in [0.2, 0.25) is 0 Å². The van der Waals surface area contributed by atoms with Crippen molar-refractivity contribution in [2.45, 2.75) is 30.5 Å². The maximum atomic E-state index is 12.9. The lowest BCUT2D eigenvalue weighted by atomic mass is 9.98. The van der Waals surface area contributed by atoms with Crippen molar-refractivity contribution in [3.05, 3.63) is 59.7 Å². The molecule has 8 nitrogen and oxygen atoms in total. The van der Waals surface area contributed by atoms with Crippen LogP contribution in [-0.4, -0.2) is 71.0 Å². The number of hydrogen-bond donors (Lipinski definition) is 2. The first-order chi connectivity index (χ1) is 16.0. The van der Waals surface area contributed by atoms with Crippen molar-refractivity contribution in [3.8, 4) is 11.1 Å². The molecule has 172 valence electrons. The van der Waals surface area contributed by atoms with Gasteiger partial charge in [0, 0.05) is 18.3 Å². The maximum Gasteiger partial charge on any atom is 0.407 e. The van der Waals surface area contributed by atoms with E-state index < -0.39 is 36.2 Å². The Morgan fingerprint density at radius 1 is 1.09 bits per heavy atom. The van der Waals surface area contributed by atoms with Crippen molar-refractivity contribution < 1.29 is 29.0 Å². The molecule has 0 spiro atoms. The number of ether oxygens (including phenoxy) is 2. The van der Waals surface area contributed by atoms with E-state index in [9.17, 15) is 19.5 Å². The molecule has 2 aromatic carbocycles. The molecule has 3 aliphatic rings. The Kier molecular flexibility index (Phi) is 5.99. The van der Waals surface area contributed by atoms with Gasteiger partial charge in [-0.15, -0.1) is 11.8 Å². The van der Waals surface area contributed by atoms with Gasteiger partial charge in [0.05, 0.1) is 11.9 Å². The lowest BCUT2D eigenvalue weighted by molar-refractivity contribution is -0.152. The minimum atomic E-state index is -1.03. The molecule has 2 amide bonds. The molecule has 2 fully saturated rings.